The summed E-state index contributed by atoms with van der Waals surface area (Å²) in [6.45, 7) is 2.21. The highest BCUT2D eigenvalue weighted by Gasteiger charge is 2.19. The van der Waals surface area contributed by atoms with Gasteiger partial charge in [0.2, 0.25) is 5.91 Å². The van der Waals surface area contributed by atoms with Crippen LogP contribution >= 0.6 is 11.8 Å². The molecular weight excluding hydrogens is 362 g/mol. The molecule has 1 amide bonds. The number of nitrogens with zero attached hydrogens (tertiary/aromatic N) is 4. The molecule has 1 atom stereocenters. The predicted molar refractivity (Wildman–Crippen MR) is 103 cm³/mol. The predicted octanol–water partition coefficient (Wildman–Crippen LogP) is 3.21. The molecule has 136 valence electrons. The summed E-state index contributed by atoms with van der Waals surface area (Å²) in [5.41, 5.74) is 1.63. The summed E-state index contributed by atoms with van der Waals surface area (Å²) < 4.78 is 7.00. The van der Waals surface area contributed by atoms with Crippen LogP contribution in [0, 0.1) is 0 Å². The second-order valence-electron chi connectivity index (χ2n) is 5.87. The Kier molecular flexibility index (Phi) is 4.88. The number of hydrogen-bond donors (Lipinski definition) is 1. The number of amides is 1. The Morgan fingerprint density at radius 1 is 1.22 bits per heavy atom. The normalized spacial score (nSPS) is 12.2. The van der Waals surface area contributed by atoms with E-state index >= 15 is 0 Å². The van der Waals surface area contributed by atoms with Gasteiger partial charge in [-0.25, -0.2) is 14.6 Å². The number of aromatic nitrogens is 4. The third-order valence-electron chi connectivity index (χ3n) is 4.00. The van der Waals surface area contributed by atoms with E-state index < -0.39 is 0 Å². The summed E-state index contributed by atoms with van der Waals surface area (Å²) >= 11 is 1.38. The van der Waals surface area contributed by atoms with Crippen LogP contribution < -0.4 is 5.32 Å². The average molecular weight is 379 g/mol. The zero-order valence-corrected chi connectivity index (χ0v) is 15.4. The highest BCUT2D eigenvalue weighted by atomic mass is 32.2. The molecule has 1 N–H and O–H groups in total. The smallest absolute Gasteiger partial charge is 0.233 e. The summed E-state index contributed by atoms with van der Waals surface area (Å²) in [4.78, 5) is 21.1. The van der Waals surface area contributed by atoms with Gasteiger partial charge in [0.05, 0.1) is 35.3 Å². The molecule has 0 saturated carbocycles. The minimum atomic E-state index is -0.321. The molecule has 0 aliphatic carbocycles. The monoisotopic (exact) mass is 379 g/mol. The largest absolute Gasteiger partial charge is 0.467 e. The maximum Gasteiger partial charge on any atom is 0.233 e. The summed E-state index contributed by atoms with van der Waals surface area (Å²) in [5, 5.41) is 8.52. The molecule has 0 aliphatic heterocycles. The van der Waals surface area contributed by atoms with E-state index in [1.54, 1.807) is 23.2 Å². The number of hydrogen-bond acceptors (Lipinski definition) is 6. The molecule has 4 aromatic rings. The lowest BCUT2D eigenvalue weighted by atomic mass is 10.3. The molecular formula is C19H17N5O2S. The maximum absolute atomic E-state index is 12.4. The lowest BCUT2D eigenvalue weighted by molar-refractivity contribution is -0.120. The SMILES string of the molecule is CC(Sc1ncnc2c1cnn2-c1ccccc1)C(=O)NCc1ccco1. The first-order valence-corrected chi connectivity index (χ1v) is 9.31. The van der Waals surface area contributed by atoms with Crippen molar-refractivity contribution in [2.45, 2.75) is 23.7 Å². The van der Waals surface area contributed by atoms with Gasteiger partial charge in [0.1, 0.15) is 17.1 Å². The van der Waals surface area contributed by atoms with Crippen LogP contribution in [0.5, 0.6) is 0 Å². The Balaban J connectivity index is 1.52. The lowest BCUT2D eigenvalue weighted by Crippen LogP contribution is -2.30. The quantitative estimate of drug-likeness (QED) is 0.409. The summed E-state index contributed by atoms with van der Waals surface area (Å²) in [6.07, 6.45) is 4.82. The summed E-state index contributed by atoms with van der Waals surface area (Å²) in [6, 6.07) is 13.4. The van der Waals surface area contributed by atoms with E-state index in [-0.39, 0.29) is 11.2 Å². The van der Waals surface area contributed by atoms with Crippen molar-refractivity contribution in [1.29, 1.82) is 0 Å². The maximum atomic E-state index is 12.4. The van der Waals surface area contributed by atoms with Gasteiger partial charge in [0, 0.05) is 0 Å². The fourth-order valence-electron chi connectivity index (χ4n) is 2.63. The third-order valence-corrected chi connectivity index (χ3v) is 5.12. The molecule has 0 radical (unpaired) electrons. The number of carbonyl (C=O) groups excluding carboxylic acids is 1. The molecule has 0 saturated heterocycles. The van der Waals surface area contributed by atoms with Crippen molar-refractivity contribution in [3.63, 3.8) is 0 Å². The number of carbonyl (C=O) groups is 1. The molecule has 7 nitrogen and oxygen atoms in total. The van der Waals surface area contributed by atoms with Crippen molar-refractivity contribution in [1.82, 2.24) is 25.1 Å². The molecule has 3 aromatic heterocycles. The molecule has 0 aliphatic rings. The first-order chi connectivity index (χ1) is 13.2. The second-order valence-corrected chi connectivity index (χ2v) is 7.19. The van der Waals surface area contributed by atoms with Crippen molar-refractivity contribution in [2.24, 2.45) is 0 Å². The number of rotatable bonds is 6. The molecule has 1 aromatic carbocycles. The van der Waals surface area contributed by atoms with Gasteiger partial charge in [0.15, 0.2) is 5.65 Å². The Bertz CT molecular complexity index is 1050. The molecule has 0 spiro atoms. The number of nitrogens with one attached hydrogen (secondary N) is 1. The van der Waals surface area contributed by atoms with Gasteiger partial charge in [-0.1, -0.05) is 30.0 Å². The number of para-hydroxylation sites is 1. The number of thioether (sulfide) groups is 1. The molecule has 0 bridgehead atoms. The number of fused-ring (bicyclic) bond motifs is 1. The van der Waals surface area contributed by atoms with Gasteiger partial charge in [-0.15, -0.1) is 0 Å². The molecule has 8 heteroatoms. The van der Waals surface area contributed by atoms with Crippen molar-refractivity contribution in [3.05, 3.63) is 67.0 Å². The van der Waals surface area contributed by atoms with Crippen LogP contribution in [-0.2, 0) is 11.3 Å². The lowest BCUT2D eigenvalue weighted by Gasteiger charge is -2.11. The number of benzene rings is 1. The van der Waals surface area contributed by atoms with Crippen molar-refractivity contribution < 1.29 is 9.21 Å². The van der Waals surface area contributed by atoms with Crippen molar-refractivity contribution in [3.8, 4) is 5.69 Å². The van der Waals surface area contributed by atoms with Crippen LogP contribution in [0.25, 0.3) is 16.7 Å². The van der Waals surface area contributed by atoms with Gasteiger partial charge < -0.3 is 9.73 Å². The highest BCUT2D eigenvalue weighted by Crippen LogP contribution is 2.28. The minimum absolute atomic E-state index is 0.0846. The Morgan fingerprint density at radius 2 is 2.07 bits per heavy atom. The van der Waals surface area contributed by atoms with Gasteiger partial charge >= 0.3 is 0 Å². The average Bonchev–Trinajstić information content (AvgIpc) is 3.37. The second kappa shape index (κ2) is 7.63. The zero-order valence-electron chi connectivity index (χ0n) is 14.6. The fraction of sp³-hybridized carbons (Fsp3) is 0.158. The van der Waals surface area contributed by atoms with Crippen molar-refractivity contribution in [2.75, 3.05) is 0 Å². The zero-order chi connectivity index (χ0) is 18.6. The van der Waals surface area contributed by atoms with Crippen LogP contribution in [0.3, 0.4) is 0 Å². The molecule has 3 heterocycles. The van der Waals surface area contributed by atoms with E-state index in [1.165, 1.54) is 18.1 Å². The van der Waals surface area contributed by atoms with Crippen LogP contribution in [0.1, 0.15) is 12.7 Å². The standard InChI is InChI=1S/C19H17N5O2S/c1-13(18(25)20-10-15-8-5-9-26-15)27-19-16-11-23-24(17(16)21-12-22-19)14-6-3-2-4-7-14/h2-9,11-13H,10H2,1H3,(H,20,25). The van der Waals surface area contributed by atoms with Crippen LogP contribution in [0.4, 0.5) is 0 Å². The fourth-order valence-corrected chi connectivity index (χ4v) is 3.53. The molecule has 27 heavy (non-hydrogen) atoms. The molecule has 0 fully saturated rings. The van der Waals surface area contributed by atoms with Gasteiger partial charge in [-0.3, -0.25) is 4.79 Å². The van der Waals surface area contributed by atoms with Crippen molar-refractivity contribution >= 4 is 28.7 Å². The van der Waals surface area contributed by atoms with E-state index in [9.17, 15) is 4.79 Å². The van der Waals surface area contributed by atoms with E-state index in [0.29, 0.717) is 18.0 Å². The Morgan fingerprint density at radius 3 is 2.85 bits per heavy atom. The van der Waals surface area contributed by atoms with Crippen LogP contribution in [0.2, 0.25) is 0 Å². The topological polar surface area (TPSA) is 85.8 Å². The summed E-state index contributed by atoms with van der Waals surface area (Å²) in [7, 11) is 0. The molecule has 4 rings (SSSR count). The van der Waals surface area contributed by atoms with Crippen LogP contribution in [0.15, 0.2) is 70.7 Å². The van der Waals surface area contributed by atoms with E-state index in [1.807, 2.05) is 43.3 Å². The van der Waals surface area contributed by atoms with Crippen LogP contribution in [-0.4, -0.2) is 30.9 Å². The minimum Gasteiger partial charge on any atom is -0.467 e. The first kappa shape index (κ1) is 17.3. The van der Waals surface area contributed by atoms with Gasteiger partial charge in [-0.05, 0) is 31.2 Å². The van der Waals surface area contributed by atoms with E-state index in [2.05, 4.69) is 20.4 Å². The molecule has 1 unspecified atom stereocenters. The Labute approximate surface area is 159 Å². The first-order valence-electron chi connectivity index (χ1n) is 8.43. The van der Waals surface area contributed by atoms with E-state index in [4.69, 9.17) is 4.42 Å². The van der Waals surface area contributed by atoms with Gasteiger partial charge in [-0.2, -0.15) is 5.10 Å². The summed E-state index contributed by atoms with van der Waals surface area (Å²) in [5.74, 6) is 0.632. The van der Waals surface area contributed by atoms with Gasteiger partial charge in [0.25, 0.3) is 0 Å². The number of furan rings is 1. The third kappa shape index (κ3) is 3.70. The Hall–Kier alpha value is -3.13. The van der Waals surface area contributed by atoms with E-state index in [0.717, 1.165) is 16.1 Å². The highest BCUT2D eigenvalue weighted by molar-refractivity contribution is 8.00.